The summed E-state index contributed by atoms with van der Waals surface area (Å²) >= 11 is 0. The summed E-state index contributed by atoms with van der Waals surface area (Å²) < 4.78 is 0. The molecule has 0 aromatic carbocycles. The SMILES string of the molecule is C=N/C(=C/C=O)c1cnc(N2CCN(CC3CCCN(C)C3)CC2)cn1. The zero-order valence-corrected chi connectivity index (χ0v) is 15.5. The number of aliphatic imine (C=N–C) groups is 1. The van der Waals surface area contributed by atoms with E-state index in [9.17, 15) is 4.79 Å². The van der Waals surface area contributed by atoms with Gasteiger partial charge in [0.05, 0.1) is 18.1 Å². The Kier molecular flexibility index (Phi) is 6.46. The van der Waals surface area contributed by atoms with Crippen LogP contribution in [0.15, 0.2) is 23.5 Å². The fourth-order valence-corrected chi connectivity index (χ4v) is 3.85. The first-order valence-corrected chi connectivity index (χ1v) is 9.30. The highest BCUT2D eigenvalue weighted by molar-refractivity contribution is 5.81. The van der Waals surface area contributed by atoms with Crippen LogP contribution in [0.5, 0.6) is 0 Å². The second-order valence-electron chi connectivity index (χ2n) is 7.16. The predicted octanol–water partition coefficient (Wildman–Crippen LogP) is 1.18. The maximum atomic E-state index is 10.6. The summed E-state index contributed by atoms with van der Waals surface area (Å²) in [5, 5.41) is 0. The van der Waals surface area contributed by atoms with Crippen LogP contribution in [0.25, 0.3) is 5.70 Å². The van der Waals surface area contributed by atoms with Crippen LogP contribution in [0.1, 0.15) is 18.5 Å². The zero-order chi connectivity index (χ0) is 18.4. The highest BCUT2D eigenvalue weighted by atomic mass is 16.1. The molecule has 0 bridgehead atoms. The molecule has 140 valence electrons. The molecule has 2 aliphatic heterocycles. The number of aldehydes is 1. The van der Waals surface area contributed by atoms with Gasteiger partial charge in [0.25, 0.3) is 0 Å². The lowest BCUT2D eigenvalue weighted by Crippen LogP contribution is -2.49. The van der Waals surface area contributed by atoms with Crippen molar-refractivity contribution in [1.82, 2.24) is 19.8 Å². The van der Waals surface area contributed by atoms with Crippen LogP contribution >= 0.6 is 0 Å². The highest BCUT2D eigenvalue weighted by Gasteiger charge is 2.23. The number of rotatable bonds is 6. The average Bonchev–Trinajstić information content (AvgIpc) is 2.67. The number of allylic oxidation sites excluding steroid dienone is 1. The van der Waals surface area contributed by atoms with E-state index in [2.05, 4.69) is 43.4 Å². The number of piperidine rings is 1. The van der Waals surface area contributed by atoms with E-state index in [0.717, 1.165) is 37.9 Å². The van der Waals surface area contributed by atoms with Gasteiger partial charge in [-0.15, -0.1) is 0 Å². The van der Waals surface area contributed by atoms with Crippen molar-refractivity contribution in [3.05, 3.63) is 24.2 Å². The number of piperazine rings is 1. The van der Waals surface area contributed by atoms with E-state index in [4.69, 9.17) is 0 Å². The fourth-order valence-electron chi connectivity index (χ4n) is 3.85. The summed E-state index contributed by atoms with van der Waals surface area (Å²) in [4.78, 5) is 30.6. The Balaban J connectivity index is 1.52. The lowest BCUT2D eigenvalue weighted by Gasteiger charge is -2.38. The molecule has 0 amide bonds. The second-order valence-corrected chi connectivity index (χ2v) is 7.16. The molecular formula is C19H28N6O. The van der Waals surface area contributed by atoms with Gasteiger partial charge in [-0.25, -0.2) is 9.97 Å². The number of aromatic nitrogens is 2. The molecule has 1 aromatic rings. The number of anilines is 1. The van der Waals surface area contributed by atoms with Gasteiger partial charge in [0.1, 0.15) is 17.8 Å². The summed E-state index contributed by atoms with van der Waals surface area (Å²) in [6.45, 7) is 11.2. The number of carbonyl (C=O) groups is 1. The first-order chi connectivity index (χ1) is 12.7. The van der Waals surface area contributed by atoms with E-state index in [1.807, 2.05) is 0 Å². The van der Waals surface area contributed by atoms with Crippen LogP contribution in [0.2, 0.25) is 0 Å². The van der Waals surface area contributed by atoms with Crippen molar-refractivity contribution in [1.29, 1.82) is 0 Å². The minimum absolute atomic E-state index is 0.446. The quantitative estimate of drug-likeness (QED) is 0.433. The third-order valence-corrected chi connectivity index (χ3v) is 5.23. The molecule has 7 nitrogen and oxygen atoms in total. The third-order valence-electron chi connectivity index (χ3n) is 5.23. The van der Waals surface area contributed by atoms with Crippen LogP contribution in [-0.4, -0.2) is 85.6 Å². The number of hydrogen-bond acceptors (Lipinski definition) is 7. The van der Waals surface area contributed by atoms with Gasteiger partial charge in [-0.3, -0.25) is 14.7 Å². The van der Waals surface area contributed by atoms with E-state index >= 15 is 0 Å². The lowest BCUT2D eigenvalue weighted by atomic mass is 9.97. The van der Waals surface area contributed by atoms with Crippen molar-refractivity contribution in [2.45, 2.75) is 12.8 Å². The second kappa shape index (κ2) is 9.00. The third kappa shape index (κ3) is 4.74. The van der Waals surface area contributed by atoms with Crippen LogP contribution in [0, 0.1) is 5.92 Å². The largest absolute Gasteiger partial charge is 0.353 e. The van der Waals surface area contributed by atoms with Gasteiger partial charge in [-0.05, 0) is 39.1 Å². The Labute approximate surface area is 155 Å². The Morgan fingerprint density at radius 3 is 2.69 bits per heavy atom. The van der Waals surface area contributed by atoms with Crippen molar-refractivity contribution in [3.8, 4) is 0 Å². The zero-order valence-electron chi connectivity index (χ0n) is 15.5. The fraction of sp³-hybridized carbons (Fsp3) is 0.579. The van der Waals surface area contributed by atoms with Crippen molar-refractivity contribution in [3.63, 3.8) is 0 Å². The van der Waals surface area contributed by atoms with E-state index in [0.29, 0.717) is 17.7 Å². The first-order valence-electron chi connectivity index (χ1n) is 9.30. The molecule has 3 rings (SSSR count). The Bertz CT molecular complexity index is 636. The van der Waals surface area contributed by atoms with Gasteiger partial charge in [-0.2, -0.15) is 0 Å². The van der Waals surface area contributed by atoms with E-state index < -0.39 is 0 Å². The summed E-state index contributed by atoms with van der Waals surface area (Å²) in [5.74, 6) is 1.68. The average molecular weight is 356 g/mol. The smallest absolute Gasteiger partial charge is 0.147 e. The number of nitrogens with zero attached hydrogens (tertiary/aromatic N) is 6. The van der Waals surface area contributed by atoms with Gasteiger partial charge >= 0.3 is 0 Å². The molecule has 2 fully saturated rings. The van der Waals surface area contributed by atoms with E-state index in [-0.39, 0.29) is 0 Å². The molecule has 1 atom stereocenters. The number of hydrogen-bond donors (Lipinski definition) is 0. The van der Waals surface area contributed by atoms with Gasteiger partial charge in [0, 0.05) is 45.3 Å². The van der Waals surface area contributed by atoms with Gasteiger partial charge in [0.2, 0.25) is 0 Å². The Morgan fingerprint density at radius 2 is 2.08 bits per heavy atom. The Hall–Kier alpha value is -2.12. The summed E-state index contributed by atoms with van der Waals surface area (Å²) in [7, 11) is 2.23. The molecule has 0 aliphatic carbocycles. The van der Waals surface area contributed by atoms with Crippen LogP contribution in [-0.2, 0) is 4.79 Å². The molecule has 0 N–H and O–H groups in total. The van der Waals surface area contributed by atoms with Crippen molar-refractivity contribution in [2.24, 2.45) is 10.9 Å². The van der Waals surface area contributed by atoms with E-state index in [1.165, 1.54) is 38.6 Å². The highest BCUT2D eigenvalue weighted by Crippen LogP contribution is 2.19. The summed E-state index contributed by atoms with van der Waals surface area (Å²) in [6, 6.07) is 0. The number of likely N-dealkylation sites (tertiary alicyclic amines) is 1. The molecule has 1 unspecified atom stereocenters. The van der Waals surface area contributed by atoms with Crippen LogP contribution in [0.3, 0.4) is 0 Å². The Morgan fingerprint density at radius 1 is 1.27 bits per heavy atom. The number of carbonyl (C=O) groups excluding carboxylic acids is 1. The molecular weight excluding hydrogens is 328 g/mol. The van der Waals surface area contributed by atoms with Crippen molar-refractivity contribution < 1.29 is 4.79 Å². The van der Waals surface area contributed by atoms with Gasteiger partial charge in [0.15, 0.2) is 0 Å². The molecule has 0 saturated carbocycles. The van der Waals surface area contributed by atoms with Crippen LogP contribution in [0.4, 0.5) is 5.82 Å². The van der Waals surface area contributed by atoms with Gasteiger partial charge in [-0.1, -0.05) is 0 Å². The predicted molar refractivity (Wildman–Crippen MR) is 104 cm³/mol. The normalized spacial score (nSPS) is 23.0. The van der Waals surface area contributed by atoms with Gasteiger partial charge < -0.3 is 9.80 Å². The van der Waals surface area contributed by atoms with Crippen LogP contribution < -0.4 is 4.90 Å². The molecule has 1 aromatic heterocycles. The molecule has 26 heavy (non-hydrogen) atoms. The van der Waals surface area contributed by atoms with E-state index in [1.54, 1.807) is 12.4 Å². The monoisotopic (exact) mass is 356 g/mol. The molecule has 0 radical (unpaired) electrons. The van der Waals surface area contributed by atoms with Crippen molar-refractivity contribution in [2.75, 3.05) is 57.8 Å². The lowest BCUT2D eigenvalue weighted by molar-refractivity contribution is -0.104. The summed E-state index contributed by atoms with van der Waals surface area (Å²) in [6.07, 6.45) is 8.12. The molecule has 2 saturated heterocycles. The minimum atomic E-state index is 0.446. The molecule has 3 heterocycles. The maximum Gasteiger partial charge on any atom is 0.147 e. The molecule has 2 aliphatic rings. The summed E-state index contributed by atoms with van der Waals surface area (Å²) in [5.41, 5.74) is 1.01. The molecule has 0 spiro atoms. The van der Waals surface area contributed by atoms with Crippen molar-refractivity contribution >= 4 is 24.5 Å². The minimum Gasteiger partial charge on any atom is -0.353 e. The molecule has 7 heteroatoms. The first kappa shape index (κ1) is 18.7. The standard InChI is InChI=1S/C19H28N6O/c1-20-17(5-11-26)18-12-22-19(13-21-18)25-9-7-24(8-10-25)15-16-4-3-6-23(2)14-16/h5,11-13,16H,1,3-4,6-10,14-15H2,2H3/b17-5+. The topological polar surface area (TPSA) is 64.9 Å². The maximum absolute atomic E-state index is 10.6.